The molecule has 102 valence electrons. The third-order valence-corrected chi connectivity index (χ3v) is 3.31. The van der Waals surface area contributed by atoms with Crippen LogP contribution in [0, 0.1) is 0 Å². The molecule has 0 atom stereocenters. The number of nitrogens with zero attached hydrogens (tertiary/aromatic N) is 1. The number of ether oxygens (including phenoxy) is 1. The lowest BCUT2D eigenvalue weighted by Crippen LogP contribution is -2.42. The van der Waals surface area contributed by atoms with Gasteiger partial charge in [-0.05, 0) is 46.1 Å². The van der Waals surface area contributed by atoms with Crippen LogP contribution in [-0.4, -0.2) is 38.2 Å². The van der Waals surface area contributed by atoms with Crippen LogP contribution < -0.4 is 5.32 Å². The Labute approximate surface area is 111 Å². The third kappa shape index (κ3) is 4.77. The van der Waals surface area contributed by atoms with Gasteiger partial charge in [0.15, 0.2) is 0 Å². The molecule has 0 amide bonds. The summed E-state index contributed by atoms with van der Waals surface area (Å²) in [5.41, 5.74) is 2.60. The van der Waals surface area contributed by atoms with Gasteiger partial charge in [0.2, 0.25) is 0 Å². The van der Waals surface area contributed by atoms with E-state index in [4.69, 9.17) is 4.74 Å². The Morgan fingerprint density at radius 1 is 1.22 bits per heavy atom. The lowest BCUT2D eigenvalue weighted by Gasteiger charge is -2.32. The summed E-state index contributed by atoms with van der Waals surface area (Å²) in [4.78, 5) is 2.18. The Morgan fingerprint density at radius 2 is 1.89 bits per heavy atom. The summed E-state index contributed by atoms with van der Waals surface area (Å²) < 4.78 is 5.82. The average molecular weight is 250 g/mol. The Hall–Kier alpha value is -0.900. The maximum absolute atomic E-state index is 5.82. The van der Waals surface area contributed by atoms with Gasteiger partial charge in [-0.15, -0.1) is 0 Å². The molecule has 0 aliphatic heterocycles. The number of likely N-dealkylation sites (N-methyl/N-ethyl adjacent to an activating group) is 1. The van der Waals surface area contributed by atoms with Crippen LogP contribution in [0.3, 0.4) is 0 Å². The summed E-state index contributed by atoms with van der Waals surface area (Å²) in [6.07, 6.45) is 0. The quantitative estimate of drug-likeness (QED) is 0.803. The summed E-state index contributed by atoms with van der Waals surface area (Å²) in [5, 5.41) is 3.16. The van der Waals surface area contributed by atoms with Crippen LogP contribution in [-0.2, 0) is 17.9 Å². The Bertz CT molecular complexity index is 361. The predicted molar refractivity (Wildman–Crippen MR) is 76.6 cm³/mol. The van der Waals surface area contributed by atoms with Gasteiger partial charge in [0, 0.05) is 12.1 Å². The van der Waals surface area contributed by atoms with Crippen LogP contribution in [0.15, 0.2) is 24.3 Å². The van der Waals surface area contributed by atoms with Crippen LogP contribution in [0.5, 0.6) is 0 Å². The van der Waals surface area contributed by atoms with Gasteiger partial charge in [-0.1, -0.05) is 24.3 Å². The molecule has 1 aromatic rings. The second kappa shape index (κ2) is 6.88. The van der Waals surface area contributed by atoms with Crippen LogP contribution in [0.4, 0.5) is 0 Å². The van der Waals surface area contributed by atoms with Gasteiger partial charge in [0.1, 0.15) is 0 Å². The Balaban J connectivity index is 2.46. The molecule has 0 unspecified atom stereocenters. The van der Waals surface area contributed by atoms with E-state index < -0.39 is 0 Å². The normalized spacial score (nSPS) is 12.1. The molecule has 0 saturated heterocycles. The first kappa shape index (κ1) is 15.2. The van der Waals surface area contributed by atoms with Crippen molar-refractivity contribution in [3.63, 3.8) is 0 Å². The number of hydrogen-bond acceptors (Lipinski definition) is 3. The number of nitrogens with one attached hydrogen (secondary N) is 1. The van der Waals surface area contributed by atoms with Crippen molar-refractivity contribution in [2.45, 2.75) is 32.5 Å². The molecule has 0 heterocycles. The fourth-order valence-corrected chi connectivity index (χ4v) is 1.58. The van der Waals surface area contributed by atoms with E-state index in [1.165, 1.54) is 11.1 Å². The molecule has 0 aliphatic rings. The van der Waals surface area contributed by atoms with Crippen molar-refractivity contribution in [1.82, 2.24) is 10.2 Å². The van der Waals surface area contributed by atoms with Gasteiger partial charge in [-0.3, -0.25) is 0 Å². The molecule has 1 aromatic carbocycles. The highest BCUT2D eigenvalue weighted by Gasteiger charge is 2.20. The van der Waals surface area contributed by atoms with E-state index >= 15 is 0 Å². The lowest BCUT2D eigenvalue weighted by atomic mass is 10.1. The first-order valence-corrected chi connectivity index (χ1v) is 6.43. The van der Waals surface area contributed by atoms with Gasteiger partial charge in [0.05, 0.1) is 13.2 Å². The number of rotatable bonds is 7. The van der Waals surface area contributed by atoms with Gasteiger partial charge in [-0.25, -0.2) is 0 Å². The van der Waals surface area contributed by atoms with Crippen LogP contribution in [0.1, 0.15) is 25.0 Å². The predicted octanol–water partition coefficient (Wildman–Crippen LogP) is 2.26. The average Bonchev–Trinajstić information content (AvgIpc) is 2.29. The monoisotopic (exact) mass is 250 g/mol. The summed E-state index contributed by atoms with van der Waals surface area (Å²) in [6.45, 7) is 6.68. The topological polar surface area (TPSA) is 24.5 Å². The van der Waals surface area contributed by atoms with Crippen molar-refractivity contribution in [3.05, 3.63) is 35.4 Å². The van der Waals surface area contributed by atoms with Gasteiger partial charge >= 0.3 is 0 Å². The summed E-state index contributed by atoms with van der Waals surface area (Å²) in [5.74, 6) is 0. The first-order chi connectivity index (χ1) is 8.45. The van der Waals surface area contributed by atoms with E-state index in [1.54, 1.807) is 0 Å². The van der Waals surface area contributed by atoms with E-state index in [2.05, 4.69) is 62.4 Å². The number of benzene rings is 1. The highest BCUT2D eigenvalue weighted by atomic mass is 16.5. The summed E-state index contributed by atoms with van der Waals surface area (Å²) in [6, 6.07) is 8.52. The van der Waals surface area contributed by atoms with Crippen molar-refractivity contribution >= 4 is 0 Å². The molecule has 0 spiro atoms. The van der Waals surface area contributed by atoms with E-state index in [1.807, 2.05) is 7.05 Å². The molecule has 0 aromatic heterocycles. The highest BCUT2D eigenvalue weighted by Crippen LogP contribution is 2.12. The summed E-state index contributed by atoms with van der Waals surface area (Å²) in [7, 11) is 6.12. The maximum Gasteiger partial charge on any atom is 0.0717 e. The molecular formula is C15H26N2O. The van der Waals surface area contributed by atoms with Crippen molar-refractivity contribution in [2.24, 2.45) is 0 Å². The zero-order valence-corrected chi connectivity index (χ0v) is 12.3. The van der Waals surface area contributed by atoms with Crippen molar-refractivity contribution in [1.29, 1.82) is 0 Å². The van der Waals surface area contributed by atoms with Crippen LogP contribution >= 0.6 is 0 Å². The molecule has 0 saturated carbocycles. The van der Waals surface area contributed by atoms with Crippen molar-refractivity contribution < 1.29 is 4.74 Å². The van der Waals surface area contributed by atoms with E-state index in [0.29, 0.717) is 6.61 Å². The molecule has 3 nitrogen and oxygen atoms in total. The van der Waals surface area contributed by atoms with Gasteiger partial charge in [0.25, 0.3) is 0 Å². The fraction of sp³-hybridized carbons (Fsp3) is 0.600. The largest absolute Gasteiger partial charge is 0.375 e. The maximum atomic E-state index is 5.82. The molecule has 3 heteroatoms. The number of hydrogen-bond donors (Lipinski definition) is 1. The van der Waals surface area contributed by atoms with Crippen LogP contribution in [0.2, 0.25) is 0 Å². The van der Waals surface area contributed by atoms with Crippen LogP contribution in [0.25, 0.3) is 0 Å². The molecule has 1 rings (SSSR count). The zero-order chi connectivity index (χ0) is 13.6. The second-order valence-electron chi connectivity index (χ2n) is 5.55. The van der Waals surface area contributed by atoms with Gasteiger partial charge < -0.3 is 15.0 Å². The standard InChI is InChI=1S/C15H26N2O/c1-15(2,17(4)5)12-18-11-14-8-6-7-13(9-14)10-16-3/h6-9,16H,10-12H2,1-5H3. The van der Waals surface area contributed by atoms with Gasteiger partial charge in [-0.2, -0.15) is 0 Å². The second-order valence-corrected chi connectivity index (χ2v) is 5.55. The molecule has 0 fully saturated rings. The Kier molecular flexibility index (Phi) is 5.79. The zero-order valence-electron chi connectivity index (χ0n) is 12.3. The molecule has 0 radical (unpaired) electrons. The fourth-order valence-electron chi connectivity index (χ4n) is 1.58. The molecular weight excluding hydrogens is 224 g/mol. The lowest BCUT2D eigenvalue weighted by molar-refractivity contribution is 0.0274. The van der Waals surface area contributed by atoms with Crippen molar-refractivity contribution in [2.75, 3.05) is 27.7 Å². The molecule has 1 N–H and O–H groups in total. The molecule has 0 bridgehead atoms. The van der Waals surface area contributed by atoms with E-state index in [-0.39, 0.29) is 5.54 Å². The minimum absolute atomic E-state index is 0.0720. The summed E-state index contributed by atoms with van der Waals surface area (Å²) >= 11 is 0. The van der Waals surface area contributed by atoms with Crippen molar-refractivity contribution in [3.8, 4) is 0 Å². The Morgan fingerprint density at radius 3 is 2.50 bits per heavy atom. The minimum atomic E-state index is 0.0720. The SMILES string of the molecule is CNCc1cccc(COCC(C)(C)N(C)C)c1. The first-order valence-electron chi connectivity index (χ1n) is 6.43. The van der Waals surface area contributed by atoms with E-state index in [0.717, 1.165) is 13.2 Å². The highest BCUT2D eigenvalue weighted by molar-refractivity contribution is 5.22. The molecule has 18 heavy (non-hydrogen) atoms. The third-order valence-electron chi connectivity index (χ3n) is 3.31. The smallest absolute Gasteiger partial charge is 0.0717 e. The molecule has 0 aliphatic carbocycles. The van der Waals surface area contributed by atoms with E-state index in [9.17, 15) is 0 Å². The minimum Gasteiger partial charge on any atom is -0.375 e.